The van der Waals surface area contributed by atoms with Crippen molar-refractivity contribution in [2.75, 3.05) is 6.54 Å². The molecule has 2 atom stereocenters. The summed E-state index contributed by atoms with van der Waals surface area (Å²) in [5.74, 6) is -1.23. The SMILES string of the molecule is O=C1C[C@@H]2CC[C@H](CN1)N2S(=O)(=O)c1ccc(C(=O)O)cc1. The lowest BCUT2D eigenvalue weighted by Gasteiger charge is -2.26. The van der Waals surface area contributed by atoms with Gasteiger partial charge in [0.05, 0.1) is 10.5 Å². The molecule has 2 heterocycles. The third kappa shape index (κ3) is 2.48. The van der Waals surface area contributed by atoms with Crippen LogP contribution >= 0.6 is 0 Å². The Kier molecular flexibility index (Phi) is 3.65. The number of carbonyl (C=O) groups is 2. The van der Waals surface area contributed by atoms with Crippen LogP contribution in [0.1, 0.15) is 29.6 Å². The number of nitrogens with zero attached hydrogens (tertiary/aromatic N) is 1. The quantitative estimate of drug-likeness (QED) is 0.839. The number of hydrogen-bond acceptors (Lipinski definition) is 4. The monoisotopic (exact) mass is 324 g/mol. The normalized spacial score (nSPS) is 25.5. The molecule has 1 aromatic carbocycles. The Bertz CT molecular complexity index is 713. The zero-order chi connectivity index (χ0) is 15.9. The van der Waals surface area contributed by atoms with E-state index in [1.165, 1.54) is 28.6 Å². The van der Waals surface area contributed by atoms with Crippen molar-refractivity contribution in [3.8, 4) is 0 Å². The standard InChI is InChI=1S/C14H16N2O5S/c17-13-7-10-3-4-11(8-15-13)16(10)22(20,21)12-5-1-9(2-6-12)14(18)19/h1-2,5-6,10-11H,3-4,7-8H2,(H,15,17)(H,18,19)/t10-,11+/m0/s1. The number of carboxylic acids is 1. The van der Waals surface area contributed by atoms with Crippen LogP contribution in [0.25, 0.3) is 0 Å². The predicted molar refractivity (Wildman–Crippen MR) is 76.9 cm³/mol. The van der Waals surface area contributed by atoms with E-state index in [1.807, 2.05) is 0 Å². The average Bonchev–Trinajstić information content (AvgIpc) is 2.79. The molecule has 22 heavy (non-hydrogen) atoms. The smallest absolute Gasteiger partial charge is 0.335 e. The molecule has 118 valence electrons. The second-order valence-corrected chi connectivity index (χ2v) is 7.40. The van der Waals surface area contributed by atoms with Crippen LogP contribution in [0.2, 0.25) is 0 Å². The maximum Gasteiger partial charge on any atom is 0.335 e. The van der Waals surface area contributed by atoms with Crippen LogP contribution in [-0.4, -0.2) is 48.3 Å². The Morgan fingerprint density at radius 2 is 1.82 bits per heavy atom. The number of sulfonamides is 1. The van der Waals surface area contributed by atoms with E-state index in [2.05, 4.69) is 5.32 Å². The number of carbonyl (C=O) groups excluding carboxylic acids is 1. The summed E-state index contributed by atoms with van der Waals surface area (Å²) >= 11 is 0. The fourth-order valence-corrected chi connectivity index (χ4v) is 4.99. The second kappa shape index (κ2) is 5.36. The Labute approximate surface area is 128 Å². The van der Waals surface area contributed by atoms with Gasteiger partial charge in [-0.05, 0) is 37.1 Å². The summed E-state index contributed by atoms with van der Waals surface area (Å²) in [5, 5.41) is 11.6. The minimum Gasteiger partial charge on any atom is -0.478 e. The summed E-state index contributed by atoms with van der Waals surface area (Å²) in [6.07, 6.45) is 1.56. The fraction of sp³-hybridized carbons (Fsp3) is 0.429. The van der Waals surface area contributed by atoms with Crippen LogP contribution in [0, 0.1) is 0 Å². The summed E-state index contributed by atoms with van der Waals surface area (Å²) in [6.45, 7) is 0.321. The fourth-order valence-electron chi connectivity index (χ4n) is 3.12. The lowest BCUT2D eigenvalue weighted by Crippen LogP contribution is -2.42. The number of benzene rings is 1. The van der Waals surface area contributed by atoms with Gasteiger partial charge in [-0.1, -0.05) is 0 Å². The number of carboxylic acid groups (broad SMARTS) is 1. The van der Waals surface area contributed by atoms with Crippen LogP contribution in [0.3, 0.4) is 0 Å². The molecule has 0 spiro atoms. The topological polar surface area (TPSA) is 104 Å². The first-order valence-corrected chi connectivity index (χ1v) is 8.47. The maximum atomic E-state index is 12.8. The van der Waals surface area contributed by atoms with Crippen molar-refractivity contribution < 1.29 is 23.1 Å². The highest BCUT2D eigenvalue weighted by molar-refractivity contribution is 7.89. The summed E-state index contributed by atoms with van der Waals surface area (Å²) in [4.78, 5) is 22.5. The molecule has 2 fully saturated rings. The summed E-state index contributed by atoms with van der Waals surface area (Å²) in [6, 6.07) is 4.60. The molecular weight excluding hydrogens is 308 g/mol. The van der Waals surface area contributed by atoms with Gasteiger partial charge >= 0.3 is 5.97 Å². The highest BCUT2D eigenvalue weighted by Gasteiger charge is 2.44. The lowest BCUT2D eigenvalue weighted by atomic mass is 10.1. The van der Waals surface area contributed by atoms with Gasteiger partial charge < -0.3 is 10.4 Å². The van der Waals surface area contributed by atoms with E-state index in [0.29, 0.717) is 13.0 Å². The van der Waals surface area contributed by atoms with E-state index in [0.717, 1.165) is 6.42 Å². The van der Waals surface area contributed by atoms with Gasteiger partial charge in [-0.15, -0.1) is 0 Å². The van der Waals surface area contributed by atoms with Crippen molar-refractivity contribution in [2.24, 2.45) is 0 Å². The van der Waals surface area contributed by atoms with E-state index < -0.39 is 16.0 Å². The number of amides is 1. The molecule has 0 aromatic heterocycles. The number of rotatable bonds is 3. The molecule has 2 aliphatic rings. The number of hydrogen-bond donors (Lipinski definition) is 2. The van der Waals surface area contributed by atoms with Crippen molar-refractivity contribution in [3.63, 3.8) is 0 Å². The van der Waals surface area contributed by atoms with Crippen LogP contribution in [0.5, 0.6) is 0 Å². The summed E-state index contributed by atoms with van der Waals surface area (Å²) in [7, 11) is -3.74. The largest absolute Gasteiger partial charge is 0.478 e. The minimum absolute atomic E-state index is 0.0367. The molecule has 8 heteroatoms. The van der Waals surface area contributed by atoms with Crippen LogP contribution in [0.4, 0.5) is 0 Å². The molecule has 0 radical (unpaired) electrons. The highest BCUT2D eigenvalue weighted by atomic mass is 32.2. The van der Waals surface area contributed by atoms with Gasteiger partial charge in [0.15, 0.2) is 0 Å². The maximum absolute atomic E-state index is 12.8. The highest BCUT2D eigenvalue weighted by Crippen LogP contribution is 2.33. The predicted octanol–water partition coefficient (Wildman–Crippen LogP) is 0.426. The van der Waals surface area contributed by atoms with Crippen molar-refractivity contribution in [1.82, 2.24) is 9.62 Å². The molecule has 3 rings (SSSR count). The molecular formula is C14H16N2O5S. The molecule has 1 amide bonds. The van der Waals surface area contributed by atoms with E-state index in [9.17, 15) is 18.0 Å². The van der Waals surface area contributed by atoms with Gasteiger partial charge in [-0.3, -0.25) is 4.79 Å². The first-order valence-electron chi connectivity index (χ1n) is 7.03. The third-order valence-corrected chi connectivity index (χ3v) is 6.20. The van der Waals surface area contributed by atoms with Gasteiger partial charge in [0, 0.05) is 25.0 Å². The van der Waals surface area contributed by atoms with Crippen molar-refractivity contribution in [2.45, 2.75) is 36.2 Å². The van der Waals surface area contributed by atoms with Gasteiger partial charge in [-0.25, -0.2) is 13.2 Å². The number of nitrogens with one attached hydrogen (secondary N) is 1. The van der Waals surface area contributed by atoms with Gasteiger partial charge in [0.2, 0.25) is 15.9 Å². The molecule has 2 aliphatic heterocycles. The Balaban J connectivity index is 1.95. The molecule has 1 aromatic rings. The Hall–Kier alpha value is -1.93. The number of aromatic carboxylic acids is 1. The Morgan fingerprint density at radius 3 is 2.45 bits per heavy atom. The molecule has 0 aliphatic carbocycles. The lowest BCUT2D eigenvalue weighted by molar-refractivity contribution is -0.121. The van der Waals surface area contributed by atoms with Crippen LogP contribution in [-0.2, 0) is 14.8 Å². The van der Waals surface area contributed by atoms with Crippen molar-refractivity contribution in [3.05, 3.63) is 29.8 Å². The second-order valence-electron chi connectivity index (χ2n) is 5.56. The van der Waals surface area contributed by atoms with Gasteiger partial charge in [0.25, 0.3) is 0 Å². The molecule has 2 bridgehead atoms. The third-order valence-electron chi connectivity index (χ3n) is 4.19. The van der Waals surface area contributed by atoms with Gasteiger partial charge in [0.1, 0.15) is 0 Å². The van der Waals surface area contributed by atoms with E-state index in [4.69, 9.17) is 5.11 Å². The van der Waals surface area contributed by atoms with Crippen molar-refractivity contribution in [1.29, 1.82) is 0 Å². The summed E-state index contributed by atoms with van der Waals surface area (Å²) < 4.78 is 27.1. The Morgan fingerprint density at radius 1 is 1.18 bits per heavy atom. The van der Waals surface area contributed by atoms with E-state index in [-0.39, 0.29) is 34.9 Å². The van der Waals surface area contributed by atoms with Crippen LogP contribution < -0.4 is 5.32 Å². The molecule has 2 N–H and O–H groups in total. The zero-order valence-corrected chi connectivity index (χ0v) is 12.5. The van der Waals surface area contributed by atoms with E-state index in [1.54, 1.807) is 0 Å². The zero-order valence-electron chi connectivity index (χ0n) is 11.7. The van der Waals surface area contributed by atoms with Crippen molar-refractivity contribution >= 4 is 21.9 Å². The molecule has 0 saturated carbocycles. The first-order chi connectivity index (χ1) is 10.4. The van der Waals surface area contributed by atoms with Gasteiger partial charge in [-0.2, -0.15) is 4.31 Å². The molecule has 7 nitrogen and oxygen atoms in total. The first kappa shape index (κ1) is 15.0. The van der Waals surface area contributed by atoms with Crippen LogP contribution in [0.15, 0.2) is 29.2 Å². The summed E-state index contributed by atoms with van der Waals surface area (Å²) in [5.41, 5.74) is 0.0367. The number of fused-ring (bicyclic) bond motifs is 2. The molecule has 2 saturated heterocycles. The average molecular weight is 324 g/mol. The molecule has 0 unspecified atom stereocenters. The van der Waals surface area contributed by atoms with E-state index >= 15 is 0 Å². The minimum atomic E-state index is -3.74.